The molecule has 0 aliphatic carbocycles. The number of aliphatic hydroxyl groups is 2. The lowest BCUT2D eigenvalue weighted by molar-refractivity contribution is -0.147. The Hall–Kier alpha value is -0.160. The van der Waals surface area contributed by atoms with Crippen LogP contribution >= 0.6 is 0 Å². The van der Waals surface area contributed by atoms with Crippen molar-refractivity contribution in [2.45, 2.75) is 58.7 Å². The lowest BCUT2D eigenvalue weighted by Crippen LogP contribution is -2.45. The summed E-state index contributed by atoms with van der Waals surface area (Å²) in [5.74, 6) is 0.625. The van der Waals surface area contributed by atoms with Crippen LogP contribution in [0.3, 0.4) is 0 Å². The maximum atomic E-state index is 9.51. The third kappa shape index (κ3) is 5.03. The number of hydrogen-bond donors (Lipinski definition) is 2. The summed E-state index contributed by atoms with van der Waals surface area (Å²) in [7, 11) is 0. The van der Waals surface area contributed by atoms with E-state index < -0.39 is 5.41 Å². The van der Waals surface area contributed by atoms with Crippen molar-refractivity contribution in [3.05, 3.63) is 0 Å². The standard InChI is InChI=1S/C15H30O4/c1-4-12(3)6-14-7-13(5-2)18-10-15(8-16,9-17)11-19-14/h12-14,16-17H,4-11H2,1-3H3. The molecule has 0 saturated carbocycles. The average molecular weight is 274 g/mol. The second-order valence-electron chi connectivity index (χ2n) is 6.08. The molecule has 1 aliphatic heterocycles. The molecule has 1 saturated heterocycles. The maximum Gasteiger partial charge on any atom is 0.0632 e. The van der Waals surface area contributed by atoms with Gasteiger partial charge in [-0.2, -0.15) is 0 Å². The highest BCUT2D eigenvalue weighted by Crippen LogP contribution is 2.27. The summed E-state index contributed by atoms with van der Waals surface area (Å²) in [6.07, 6.45) is 4.33. The molecule has 0 amide bonds. The smallest absolute Gasteiger partial charge is 0.0632 e. The van der Waals surface area contributed by atoms with E-state index in [2.05, 4.69) is 20.8 Å². The lowest BCUT2D eigenvalue weighted by atomic mass is 9.90. The molecular weight excluding hydrogens is 244 g/mol. The van der Waals surface area contributed by atoms with Gasteiger partial charge in [0.1, 0.15) is 0 Å². The zero-order valence-corrected chi connectivity index (χ0v) is 12.6. The van der Waals surface area contributed by atoms with E-state index >= 15 is 0 Å². The van der Waals surface area contributed by atoms with E-state index in [4.69, 9.17) is 9.47 Å². The normalized spacial score (nSPS) is 29.5. The van der Waals surface area contributed by atoms with Gasteiger partial charge in [0.25, 0.3) is 0 Å². The highest BCUT2D eigenvalue weighted by atomic mass is 16.5. The first-order valence-corrected chi connectivity index (χ1v) is 7.54. The second-order valence-corrected chi connectivity index (χ2v) is 6.08. The summed E-state index contributed by atoms with van der Waals surface area (Å²) < 4.78 is 11.9. The fourth-order valence-electron chi connectivity index (χ4n) is 2.36. The van der Waals surface area contributed by atoms with Crippen molar-refractivity contribution in [1.29, 1.82) is 0 Å². The summed E-state index contributed by atoms with van der Waals surface area (Å²) in [4.78, 5) is 0. The van der Waals surface area contributed by atoms with Gasteiger partial charge in [-0.15, -0.1) is 0 Å². The minimum absolute atomic E-state index is 0.101. The van der Waals surface area contributed by atoms with Crippen LogP contribution in [0.5, 0.6) is 0 Å². The Kier molecular flexibility index (Phi) is 7.29. The van der Waals surface area contributed by atoms with Crippen molar-refractivity contribution in [2.24, 2.45) is 11.3 Å². The van der Waals surface area contributed by atoms with Crippen molar-refractivity contribution in [2.75, 3.05) is 26.4 Å². The van der Waals surface area contributed by atoms with E-state index in [-0.39, 0.29) is 25.4 Å². The van der Waals surface area contributed by atoms with Crippen LogP contribution < -0.4 is 0 Å². The molecule has 0 aromatic rings. The van der Waals surface area contributed by atoms with Gasteiger partial charge in [0.2, 0.25) is 0 Å². The van der Waals surface area contributed by atoms with Gasteiger partial charge in [0, 0.05) is 0 Å². The zero-order valence-electron chi connectivity index (χ0n) is 12.6. The Bertz CT molecular complexity index is 240. The van der Waals surface area contributed by atoms with Gasteiger partial charge < -0.3 is 19.7 Å². The Balaban J connectivity index is 2.68. The molecule has 0 aromatic heterocycles. The fourth-order valence-corrected chi connectivity index (χ4v) is 2.36. The first-order chi connectivity index (χ1) is 9.09. The van der Waals surface area contributed by atoms with Crippen molar-refractivity contribution in [3.63, 3.8) is 0 Å². The molecule has 0 spiro atoms. The van der Waals surface area contributed by atoms with E-state index in [9.17, 15) is 10.2 Å². The Labute approximate surface area is 117 Å². The Morgan fingerprint density at radius 3 is 2.16 bits per heavy atom. The molecule has 0 radical (unpaired) electrons. The first kappa shape index (κ1) is 16.9. The number of aliphatic hydroxyl groups excluding tert-OH is 2. The molecule has 0 aromatic carbocycles. The number of rotatable bonds is 6. The van der Waals surface area contributed by atoms with Gasteiger partial charge >= 0.3 is 0 Å². The summed E-state index contributed by atoms with van der Waals surface area (Å²) in [6.45, 7) is 7.06. The summed E-state index contributed by atoms with van der Waals surface area (Å²) in [5, 5.41) is 19.0. The minimum atomic E-state index is -0.651. The largest absolute Gasteiger partial charge is 0.396 e. The molecule has 1 aliphatic rings. The van der Waals surface area contributed by atoms with Crippen LogP contribution in [-0.4, -0.2) is 48.8 Å². The zero-order chi connectivity index (χ0) is 14.3. The fraction of sp³-hybridized carbons (Fsp3) is 1.00. The van der Waals surface area contributed by atoms with E-state index in [1.54, 1.807) is 0 Å². The molecule has 1 heterocycles. The number of hydrogen-bond acceptors (Lipinski definition) is 4. The van der Waals surface area contributed by atoms with Gasteiger partial charge in [0.05, 0.1) is 44.1 Å². The third-order valence-electron chi connectivity index (χ3n) is 4.26. The van der Waals surface area contributed by atoms with Crippen molar-refractivity contribution < 1.29 is 19.7 Å². The van der Waals surface area contributed by atoms with Crippen LogP contribution in [0.1, 0.15) is 46.5 Å². The van der Waals surface area contributed by atoms with Crippen LogP contribution in [0.4, 0.5) is 0 Å². The molecule has 3 unspecified atom stereocenters. The molecule has 2 N–H and O–H groups in total. The lowest BCUT2D eigenvalue weighted by Gasteiger charge is -2.37. The van der Waals surface area contributed by atoms with E-state index in [1.807, 2.05) is 0 Å². The predicted molar refractivity (Wildman–Crippen MR) is 75.1 cm³/mol. The predicted octanol–water partition coefficient (Wildman–Crippen LogP) is 1.98. The quantitative estimate of drug-likeness (QED) is 0.777. The summed E-state index contributed by atoms with van der Waals surface area (Å²) >= 11 is 0. The van der Waals surface area contributed by atoms with Gasteiger partial charge in [-0.1, -0.05) is 27.2 Å². The van der Waals surface area contributed by atoms with Crippen molar-refractivity contribution >= 4 is 0 Å². The van der Waals surface area contributed by atoms with E-state index in [1.165, 1.54) is 0 Å². The van der Waals surface area contributed by atoms with Crippen molar-refractivity contribution in [1.82, 2.24) is 0 Å². The van der Waals surface area contributed by atoms with Crippen LogP contribution in [0.15, 0.2) is 0 Å². The second kappa shape index (κ2) is 8.20. The molecule has 3 atom stereocenters. The monoisotopic (exact) mass is 274 g/mol. The van der Waals surface area contributed by atoms with Gasteiger partial charge in [-0.25, -0.2) is 0 Å². The molecular formula is C15H30O4. The molecule has 19 heavy (non-hydrogen) atoms. The molecule has 4 nitrogen and oxygen atoms in total. The van der Waals surface area contributed by atoms with Crippen molar-refractivity contribution in [3.8, 4) is 0 Å². The average Bonchev–Trinajstić information content (AvgIpc) is 2.43. The van der Waals surface area contributed by atoms with Crippen LogP contribution in [0, 0.1) is 11.3 Å². The molecule has 4 heteroatoms. The van der Waals surface area contributed by atoms with Crippen LogP contribution in [0.2, 0.25) is 0 Å². The molecule has 0 bridgehead atoms. The Morgan fingerprint density at radius 1 is 1.11 bits per heavy atom. The van der Waals surface area contributed by atoms with Gasteiger partial charge in [-0.3, -0.25) is 0 Å². The summed E-state index contributed by atoms with van der Waals surface area (Å²) in [6, 6.07) is 0. The van der Waals surface area contributed by atoms with E-state index in [0.717, 1.165) is 25.7 Å². The Morgan fingerprint density at radius 2 is 1.68 bits per heavy atom. The highest BCUT2D eigenvalue weighted by molar-refractivity contribution is 4.82. The van der Waals surface area contributed by atoms with E-state index in [0.29, 0.717) is 19.1 Å². The molecule has 1 fully saturated rings. The topological polar surface area (TPSA) is 58.9 Å². The summed E-state index contributed by atoms with van der Waals surface area (Å²) in [5.41, 5.74) is -0.651. The molecule has 114 valence electrons. The third-order valence-corrected chi connectivity index (χ3v) is 4.26. The minimum Gasteiger partial charge on any atom is -0.396 e. The number of ether oxygens (including phenoxy) is 2. The van der Waals surface area contributed by atoms with Crippen LogP contribution in [0.25, 0.3) is 0 Å². The maximum absolute atomic E-state index is 9.51. The SMILES string of the molecule is CCC(C)CC1CC(CC)OCC(CO)(CO)CO1. The van der Waals surface area contributed by atoms with Gasteiger partial charge in [0.15, 0.2) is 0 Å². The highest BCUT2D eigenvalue weighted by Gasteiger charge is 2.35. The first-order valence-electron chi connectivity index (χ1n) is 7.54. The molecule has 1 rings (SSSR count). The van der Waals surface area contributed by atoms with Gasteiger partial charge in [-0.05, 0) is 25.2 Å². The van der Waals surface area contributed by atoms with Crippen LogP contribution in [-0.2, 0) is 9.47 Å².